The number of Topliss-reactive ketones (excluding diaryl/α,β-unsaturated/α-hetero) is 2. The molecule has 3 atom stereocenters. The number of nitrogens with two attached hydrogens (primary N) is 1. The standard InChI is InChI=1S/C28H48N3O9P/c1-19(2)28(29,25(34)40-20(3)4)41(35,38-17-26(15-36-5)23(32)21-7-11-30(26)12-8-21)39-18-27(16-37-6)24(33)22-9-13-31(27)14-10-22/h19-22H,7-18,29H2,1-6H3/t26?,27?,28-,41?/m1/s1. The predicted molar refractivity (Wildman–Crippen MR) is 150 cm³/mol. The van der Waals surface area contributed by atoms with Gasteiger partial charge in [-0.2, -0.15) is 0 Å². The average Bonchev–Trinajstić information content (AvgIpc) is 2.95. The number of esters is 1. The van der Waals surface area contributed by atoms with Crippen molar-refractivity contribution in [2.45, 2.75) is 75.8 Å². The number of hydrogen-bond donors (Lipinski definition) is 1. The first-order valence-electron chi connectivity index (χ1n) is 14.8. The Kier molecular flexibility index (Phi) is 9.88. The van der Waals surface area contributed by atoms with Gasteiger partial charge in [0, 0.05) is 26.1 Å². The van der Waals surface area contributed by atoms with E-state index < -0.39 is 41.9 Å². The molecule has 0 aromatic rings. The molecule has 4 bridgehead atoms. The summed E-state index contributed by atoms with van der Waals surface area (Å²) >= 11 is 0. The number of carbonyl (C=O) groups is 3. The molecule has 0 spiro atoms. The molecule has 0 radical (unpaired) electrons. The lowest BCUT2D eigenvalue weighted by Crippen LogP contribution is -2.70. The maximum Gasteiger partial charge on any atom is 0.362 e. The van der Waals surface area contributed by atoms with Gasteiger partial charge in [-0.25, -0.2) is 4.79 Å². The second-order valence-corrected chi connectivity index (χ2v) is 14.9. The van der Waals surface area contributed by atoms with Crippen molar-refractivity contribution in [3.05, 3.63) is 0 Å². The van der Waals surface area contributed by atoms with E-state index in [0.29, 0.717) is 26.2 Å². The number of nitrogens with zero attached hydrogens (tertiary/aromatic N) is 2. The summed E-state index contributed by atoms with van der Waals surface area (Å²) in [6.07, 6.45) is 2.42. The molecule has 6 fully saturated rings. The van der Waals surface area contributed by atoms with Gasteiger partial charge in [0.05, 0.1) is 32.5 Å². The van der Waals surface area contributed by atoms with Crippen molar-refractivity contribution in [2.75, 3.05) is 66.8 Å². The zero-order valence-corrected chi connectivity index (χ0v) is 26.3. The highest BCUT2D eigenvalue weighted by Crippen LogP contribution is 2.62. The number of fused-ring (bicyclic) bond motifs is 6. The number of ether oxygens (including phenoxy) is 3. The van der Waals surface area contributed by atoms with E-state index in [9.17, 15) is 14.4 Å². The Labute approximate surface area is 243 Å². The molecule has 0 saturated carbocycles. The van der Waals surface area contributed by atoms with Crippen LogP contribution in [0.4, 0.5) is 0 Å². The molecule has 2 unspecified atom stereocenters. The maximum absolute atomic E-state index is 15.1. The molecule has 13 heteroatoms. The summed E-state index contributed by atoms with van der Waals surface area (Å²) in [5.74, 6) is -2.05. The van der Waals surface area contributed by atoms with E-state index >= 15 is 4.57 Å². The molecule has 6 rings (SSSR count). The van der Waals surface area contributed by atoms with Crippen LogP contribution in [0.3, 0.4) is 0 Å². The van der Waals surface area contributed by atoms with E-state index in [-0.39, 0.29) is 49.8 Å². The van der Waals surface area contributed by atoms with Gasteiger partial charge in [0.25, 0.3) is 0 Å². The smallest absolute Gasteiger partial charge is 0.362 e. The van der Waals surface area contributed by atoms with Crippen molar-refractivity contribution >= 4 is 25.1 Å². The summed E-state index contributed by atoms with van der Waals surface area (Å²) < 4.78 is 44.0. The first kappa shape index (κ1) is 32.7. The van der Waals surface area contributed by atoms with E-state index in [2.05, 4.69) is 0 Å². The van der Waals surface area contributed by atoms with Crippen molar-refractivity contribution < 1.29 is 42.2 Å². The van der Waals surface area contributed by atoms with Crippen LogP contribution in [0, 0.1) is 17.8 Å². The zero-order valence-electron chi connectivity index (χ0n) is 25.4. The fourth-order valence-corrected chi connectivity index (χ4v) is 9.21. The molecule has 234 valence electrons. The summed E-state index contributed by atoms with van der Waals surface area (Å²) in [6, 6.07) is 0. The summed E-state index contributed by atoms with van der Waals surface area (Å²) in [5.41, 5.74) is 4.37. The van der Waals surface area contributed by atoms with Crippen LogP contribution in [0.25, 0.3) is 0 Å². The second-order valence-electron chi connectivity index (χ2n) is 12.7. The number of piperidine rings is 6. The lowest BCUT2D eigenvalue weighted by molar-refractivity contribution is -0.159. The first-order valence-corrected chi connectivity index (χ1v) is 16.3. The van der Waals surface area contributed by atoms with Gasteiger partial charge < -0.3 is 29.0 Å². The van der Waals surface area contributed by atoms with Crippen molar-refractivity contribution in [3.63, 3.8) is 0 Å². The number of methoxy groups -OCH3 is 2. The van der Waals surface area contributed by atoms with Crippen LogP contribution in [0.15, 0.2) is 0 Å². The highest BCUT2D eigenvalue weighted by Gasteiger charge is 2.63. The number of hydrogen-bond acceptors (Lipinski definition) is 12. The van der Waals surface area contributed by atoms with E-state index in [1.165, 1.54) is 14.2 Å². The van der Waals surface area contributed by atoms with Gasteiger partial charge in [0.2, 0.25) is 5.28 Å². The van der Waals surface area contributed by atoms with Crippen LogP contribution in [0.2, 0.25) is 0 Å². The highest BCUT2D eigenvalue weighted by atomic mass is 31.2. The van der Waals surface area contributed by atoms with Crippen LogP contribution in [-0.4, -0.2) is 117 Å². The number of ketones is 2. The molecule has 0 aromatic heterocycles. The minimum absolute atomic E-state index is 0.0274. The Bertz CT molecular complexity index is 983. The SMILES string of the molecule is COCC1(COP(=O)(OCC2(COC)C(=O)C3CCN2CC3)[C@@](N)(C(=O)OC(C)C)C(C)C)C(=O)C2CCN1CC2. The van der Waals surface area contributed by atoms with Crippen LogP contribution in [0.5, 0.6) is 0 Å². The van der Waals surface area contributed by atoms with Gasteiger partial charge in [0.15, 0.2) is 11.6 Å². The van der Waals surface area contributed by atoms with E-state index in [1.807, 2.05) is 9.80 Å². The van der Waals surface area contributed by atoms with Crippen molar-refractivity contribution in [2.24, 2.45) is 23.5 Å². The molecule has 12 nitrogen and oxygen atoms in total. The normalized spacial score (nSPS) is 36.0. The van der Waals surface area contributed by atoms with Gasteiger partial charge in [-0.15, -0.1) is 0 Å². The minimum atomic E-state index is -4.64. The summed E-state index contributed by atoms with van der Waals surface area (Å²) in [4.78, 5) is 44.8. The molecule has 0 aromatic carbocycles. The number of carbonyl (C=O) groups excluding carboxylic acids is 3. The maximum atomic E-state index is 15.1. The summed E-state index contributed by atoms with van der Waals surface area (Å²) in [7, 11) is -1.63. The largest absolute Gasteiger partial charge is 0.461 e. The molecular weight excluding hydrogens is 553 g/mol. The molecular formula is C28H48N3O9P. The third-order valence-electron chi connectivity index (χ3n) is 9.58. The molecule has 6 saturated heterocycles. The fraction of sp³-hybridized carbons (Fsp3) is 0.893. The fourth-order valence-electron chi connectivity index (χ4n) is 7.03. The van der Waals surface area contributed by atoms with E-state index in [4.69, 9.17) is 29.0 Å². The Morgan fingerprint density at radius 3 is 1.54 bits per heavy atom. The highest BCUT2D eigenvalue weighted by molar-refractivity contribution is 7.56. The lowest BCUT2D eigenvalue weighted by atomic mass is 9.74. The van der Waals surface area contributed by atoms with Crippen molar-refractivity contribution in [1.82, 2.24) is 9.80 Å². The van der Waals surface area contributed by atoms with Gasteiger partial charge in [0.1, 0.15) is 11.1 Å². The van der Waals surface area contributed by atoms with Crippen LogP contribution in [-0.2, 0) is 42.2 Å². The lowest BCUT2D eigenvalue weighted by Gasteiger charge is -2.53. The second kappa shape index (κ2) is 12.4. The topological polar surface area (TPSA) is 147 Å². The Morgan fingerprint density at radius 2 is 1.24 bits per heavy atom. The monoisotopic (exact) mass is 601 g/mol. The summed E-state index contributed by atoms with van der Waals surface area (Å²) in [6.45, 7) is 8.68. The number of rotatable bonds is 14. The van der Waals surface area contributed by atoms with Gasteiger partial charge in [-0.3, -0.25) is 24.0 Å². The van der Waals surface area contributed by atoms with Crippen LogP contribution < -0.4 is 5.73 Å². The third-order valence-corrected chi connectivity index (χ3v) is 12.1. The minimum Gasteiger partial charge on any atom is -0.461 e. The Hall–Kier alpha value is -1.24. The molecule has 6 aliphatic heterocycles. The Balaban J connectivity index is 1.72. The molecule has 2 N–H and O–H groups in total. The van der Waals surface area contributed by atoms with Crippen molar-refractivity contribution in [1.29, 1.82) is 0 Å². The third kappa shape index (κ3) is 5.48. The molecule has 41 heavy (non-hydrogen) atoms. The van der Waals surface area contributed by atoms with Gasteiger partial charge >= 0.3 is 13.6 Å². The van der Waals surface area contributed by atoms with Crippen LogP contribution in [0.1, 0.15) is 53.4 Å². The predicted octanol–water partition coefficient (Wildman–Crippen LogP) is 1.84. The van der Waals surface area contributed by atoms with Gasteiger partial charge in [-0.1, -0.05) is 13.8 Å². The Morgan fingerprint density at radius 1 is 0.854 bits per heavy atom. The summed E-state index contributed by atoms with van der Waals surface area (Å²) in [5, 5.41) is -2.21. The average molecular weight is 602 g/mol. The van der Waals surface area contributed by atoms with E-state index in [1.54, 1.807) is 27.7 Å². The van der Waals surface area contributed by atoms with E-state index in [0.717, 1.165) is 25.7 Å². The quantitative estimate of drug-likeness (QED) is 0.229. The zero-order chi connectivity index (χ0) is 30.2. The van der Waals surface area contributed by atoms with Crippen LogP contribution >= 0.6 is 7.60 Å². The van der Waals surface area contributed by atoms with Crippen molar-refractivity contribution in [3.8, 4) is 0 Å². The molecule has 6 heterocycles. The molecule has 0 amide bonds. The molecule has 6 aliphatic rings. The van der Waals surface area contributed by atoms with Gasteiger partial charge in [-0.05, 0) is 71.6 Å². The first-order chi connectivity index (χ1) is 19.3. The molecule has 0 aliphatic carbocycles.